The van der Waals surface area contributed by atoms with E-state index in [2.05, 4.69) is 31.4 Å². The van der Waals surface area contributed by atoms with E-state index in [4.69, 9.17) is 4.74 Å². The maximum atomic E-state index is 12.6. The Bertz CT molecular complexity index is 1080. The molecule has 0 heterocycles. The molecule has 2 amide bonds. The van der Waals surface area contributed by atoms with Crippen LogP contribution in [0.4, 0.5) is 11.4 Å². The molecule has 3 rings (SSSR count). The van der Waals surface area contributed by atoms with Gasteiger partial charge < -0.3 is 15.4 Å². The monoisotopic (exact) mass is 444 g/mol. The minimum atomic E-state index is -0.188. The number of amides is 2. The third kappa shape index (κ3) is 7.49. The molecule has 0 atom stereocenters. The fraction of sp³-hybridized carbons (Fsp3) is 0.286. The molecule has 5 nitrogen and oxygen atoms in total. The van der Waals surface area contributed by atoms with E-state index in [1.165, 1.54) is 11.1 Å². The van der Waals surface area contributed by atoms with Crippen molar-refractivity contribution in [2.75, 3.05) is 17.2 Å². The fourth-order valence-electron chi connectivity index (χ4n) is 3.28. The second-order valence-electron chi connectivity index (χ2n) is 9.18. The molecule has 5 heteroatoms. The summed E-state index contributed by atoms with van der Waals surface area (Å²) in [5.41, 5.74) is 4.24. The maximum absolute atomic E-state index is 12.6. The lowest BCUT2D eigenvalue weighted by Gasteiger charge is -2.19. The zero-order valence-electron chi connectivity index (χ0n) is 19.8. The van der Waals surface area contributed by atoms with Gasteiger partial charge in [-0.1, -0.05) is 56.7 Å². The van der Waals surface area contributed by atoms with Crippen molar-refractivity contribution in [3.8, 4) is 5.75 Å². The quantitative estimate of drug-likeness (QED) is 0.398. The normalized spacial score (nSPS) is 11.0. The summed E-state index contributed by atoms with van der Waals surface area (Å²) in [4.78, 5) is 24.9. The first-order valence-corrected chi connectivity index (χ1v) is 11.2. The lowest BCUT2D eigenvalue weighted by Crippen LogP contribution is -2.15. The summed E-state index contributed by atoms with van der Waals surface area (Å²) < 4.78 is 5.66. The zero-order valence-corrected chi connectivity index (χ0v) is 19.8. The lowest BCUT2D eigenvalue weighted by atomic mass is 9.87. The van der Waals surface area contributed by atoms with Crippen molar-refractivity contribution in [3.63, 3.8) is 0 Å². The van der Waals surface area contributed by atoms with Crippen LogP contribution >= 0.6 is 0 Å². The number of nitrogens with one attached hydrogen (secondary N) is 2. The first kappa shape index (κ1) is 24.1. The van der Waals surface area contributed by atoms with Crippen LogP contribution in [0.2, 0.25) is 0 Å². The molecule has 0 aliphatic heterocycles. The molecule has 0 aliphatic carbocycles. The van der Waals surface area contributed by atoms with Crippen LogP contribution in [0.15, 0.2) is 72.8 Å². The molecule has 3 aromatic rings. The minimum absolute atomic E-state index is 0.0361. The smallest absolute Gasteiger partial charge is 0.255 e. The average molecular weight is 445 g/mol. The average Bonchev–Trinajstić information content (AvgIpc) is 2.77. The highest BCUT2D eigenvalue weighted by atomic mass is 16.5. The van der Waals surface area contributed by atoms with Crippen molar-refractivity contribution in [1.82, 2.24) is 0 Å². The molecule has 0 radical (unpaired) electrons. The largest absolute Gasteiger partial charge is 0.494 e. The van der Waals surface area contributed by atoms with E-state index >= 15 is 0 Å². The third-order valence-corrected chi connectivity index (χ3v) is 5.26. The predicted molar refractivity (Wildman–Crippen MR) is 134 cm³/mol. The van der Waals surface area contributed by atoms with Crippen molar-refractivity contribution in [2.45, 2.75) is 46.0 Å². The van der Waals surface area contributed by atoms with Gasteiger partial charge in [0.05, 0.1) is 6.61 Å². The maximum Gasteiger partial charge on any atom is 0.255 e. The van der Waals surface area contributed by atoms with Gasteiger partial charge in [-0.25, -0.2) is 0 Å². The van der Waals surface area contributed by atoms with Gasteiger partial charge in [-0.3, -0.25) is 9.59 Å². The van der Waals surface area contributed by atoms with E-state index in [-0.39, 0.29) is 17.2 Å². The topological polar surface area (TPSA) is 67.4 Å². The van der Waals surface area contributed by atoms with Crippen molar-refractivity contribution >= 4 is 23.2 Å². The van der Waals surface area contributed by atoms with Gasteiger partial charge in [0.1, 0.15) is 5.75 Å². The Morgan fingerprint density at radius 2 is 1.48 bits per heavy atom. The van der Waals surface area contributed by atoms with E-state index in [0.717, 1.165) is 5.75 Å². The van der Waals surface area contributed by atoms with E-state index < -0.39 is 0 Å². The Hall–Kier alpha value is -3.60. The highest BCUT2D eigenvalue weighted by Gasteiger charge is 2.14. The minimum Gasteiger partial charge on any atom is -0.494 e. The first-order valence-electron chi connectivity index (χ1n) is 11.2. The number of carbonyl (C=O) groups is 2. The molecule has 0 bridgehead atoms. The summed E-state index contributed by atoms with van der Waals surface area (Å²) in [5, 5.41) is 5.77. The molecule has 2 N–H and O–H groups in total. The number of hydrogen-bond donors (Lipinski definition) is 2. The Morgan fingerprint density at radius 1 is 0.848 bits per heavy atom. The van der Waals surface area contributed by atoms with Gasteiger partial charge >= 0.3 is 0 Å². The summed E-state index contributed by atoms with van der Waals surface area (Å²) in [6.45, 7) is 8.91. The van der Waals surface area contributed by atoms with Crippen LogP contribution in [0.25, 0.3) is 0 Å². The standard InChI is InChI=1S/C28H32N2O3/c1-20-10-16-25(17-11-20)33-18-6-9-26(31)29-23-7-5-8-24(19-23)30-27(32)21-12-14-22(15-13-21)28(2,3)4/h5,7-8,10-17,19H,6,9,18H2,1-4H3,(H,29,31)(H,30,32). The molecule has 3 aromatic carbocycles. The Kier molecular flexibility index (Phi) is 7.88. The molecule has 0 spiro atoms. The van der Waals surface area contributed by atoms with E-state index in [0.29, 0.717) is 36.4 Å². The summed E-state index contributed by atoms with van der Waals surface area (Å²) in [6.07, 6.45) is 0.962. The van der Waals surface area contributed by atoms with Gasteiger partial charge in [-0.15, -0.1) is 0 Å². The van der Waals surface area contributed by atoms with Gasteiger partial charge in [0, 0.05) is 23.4 Å². The summed E-state index contributed by atoms with van der Waals surface area (Å²) in [7, 11) is 0. The number of rotatable bonds is 8. The molecule has 0 aliphatic rings. The number of benzene rings is 3. The molecule has 0 fully saturated rings. The Morgan fingerprint density at radius 3 is 2.12 bits per heavy atom. The van der Waals surface area contributed by atoms with E-state index in [1.54, 1.807) is 24.3 Å². The summed E-state index contributed by atoms with van der Waals surface area (Å²) >= 11 is 0. The molecule has 33 heavy (non-hydrogen) atoms. The first-order chi connectivity index (χ1) is 15.7. The lowest BCUT2D eigenvalue weighted by molar-refractivity contribution is -0.116. The third-order valence-electron chi connectivity index (χ3n) is 5.26. The van der Waals surface area contributed by atoms with Crippen LogP contribution in [0.5, 0.6) is 5.75 Å². The molecular formula is C28H32N2O3. The van der Waals surface area contributed by atoms with E-state index in [1.807, 2.05) is 55.5 Å². The number of aryl methyl sites for hydroxylation is 1. The molecular weight excluding hydrogens is 412 g/mol. The predicted octanol–water partition coefficient (Wildman–Crippen LogP) is 6.34. The highest BCUT2D eigenvalue weighted by Crippen LogP contribution is 2.23. The second kappa shape index (κ2) is 10.8. The summed E-state index contributed by atoms with van der Waals surface area (Å²) in [6, 6.07) is 22.6. The SMILES string of the molecule is Cc1ccc(OCCCC(=O)Nc2cccc(NC(=O)c3ccc(C(C)(C)C)cc3)c2)cc1. The molecule has 0 saturated carbocycles. The van der Waals surface area contributed by atoms with Gasteiger partial charge in [0.15, 0.2) is 0 Å². The fourth-order valence-corrected chi connectivity index (χ4v) is 3.28. The highest BCUT2D eigenvalue weighted by molar-refractivity contribution is 6.04. The van der Waals surface area contributed by atoms with Crippen LogP contribution in [0.1, 0.15) is 55.1 Å². The van der Waals surface area contributed by atoms with Crippen LogP contribution in [-0.4, -0.2) is 18.4 Å². The van der Waals surface area contributed by atoms with Gasteiger partial charge in [0.2, 0.25) is 5.91 Å². The number of anilines is 2. The zero-order chi connectivity index (χ0) is 23.8. The van der Waals surface area contributed by atoms with Gasteiger partial charge in [0.25, 0.3) is 5.91 Å². The number of hydrogen-bond acceptors (Lipinski definition) is 3. The Labute approximate surface area is 196 Å². The van der Waals surface area contributed by atoms with Crippen LogP contribution < -0.4 is 15.4 Å². The molecule has 0 aromatic heterocycles. The van der Waals surface area contributed by atoms with E-state index in [9.17, 15) is 9.59 Å². The molecule has 172 valence electrons. The molecule has 0 unspecified atom stereocenters. The van der Waals surface area contributed by atoms with Crippen LogP contribution in [0.3, 0.4) is 0 Å². The van der Waals surface area contributed by atoms with Crippen molar-refractivity contribution in [1.29, 1.82) is 0 Å². The van der Waals surface area contributed by atoms with Crippen molar-refractivity contribution in [2.24, 2.45) is 0 Å². The van der Waals surface area contributed by atoms with Crippen LogP contribution in [-0.2, 0) is 10.2 Å². The second-order valence-corrected chi connectivity index (χ2v) is 9.18. The van der Waals surface area contributed by atoms with Crippen LogP contribution in [0, 0.1) is 6.92 Å². The van der Waals surface area contributed by atoms with Crippen molar-refractivity contribution in [3.05, 3.63) is 89.5 Å². The molecule has 0 saturated heterocycles. The van der Waals surface area contributed by atoms with Crippen molar-refractivity contribution < 1.29 is 14.3 Å². The van der Waals surface area contributed by atoms with Gasteiger partial charge in [-0.05, 0) is 66.8 Å². The number of ether oxygens (including phenoxy) is 1. The number of carbonyl (C=O) groups excluding carboxylic acids is 2. The van der Waals surface area contributed by atoms with Gasteiger partial charge in [-0.2, -0.15) is 0 Å². The summed E-state index contributed by atoms with van der Waals surface area (Å²) in [5.74, 6) is 0.522. The Balaban J connectivity index is 1.48.